The summed E-state index contributed by atoms with van der Waals surface area (Å²) in [5, 5.41) is 0. The molecule has 0 saturated heterocycles. The molecule has 0 bridgehead atoms. The zero-order valence-corrected chi connectivity index (χ0v) is 12.0. The molecule has 4 heterocycles. The first-order chi connectivity index (χ1) is 10.8. The molecule has 0 unspecified atom stereocenters. The van der Waals surface area contributed by atoms with Crippen LogP contribution in [-0.2, 0) is 6.54 Å². The third kappa shape index (κ3) is 1.82. The van der Waals surface area contributed by atoms with Gasteiger partial charge in [0.1, 0.15) is 16.9 Å². The summed E-state index contributed by atoms with van der Waals surface area (Å²) in [6, 6.07) is 5.78. The van der Waals surface area contributed by atoms with Gasteiger partial charge in [-0.1, -0.05) is 13.0 Å². The zero-order chi connectivity index (χ0) is 15.1. The minimum absolute atomic E-state index is 0.151. The van der Waals surface area contributed by atoms with Gasteiger partial charge >= 0.3 is 5.69 Å². The summed E-state index contributed by atoms with van der Waals surface area (Å²) < 4.78 is 3.57. The van der Waals surface area contributed by atoms with Gasteiger partial charge in [-0.3, -0.25) is 8.97 Å². The van der Waals surface area contributed by atoms with Crippen LogP contribution < -0.4 is 5.69 Å². The Morgan fingerprint density at radius 1 is 1.23 bits per heavy atom. The van der Waals surface area contributed by atoms with E-state index in [4.69, 9.17) is 0 Å². The van der Waals surface area contributed by atoms with Crippen molar-refractivity contribution in [3.8, 4) is 11.5 Å². The second-order valence-corrected chi connectivity index (χ2v) is 5.08. The molecular weight excluding hydrogens is 280 g/mol. The smallest absolute Gasteiger partial charge is 0.303 e. The van der Waals surface area contributed by atoms with Crippen molar-refractivity contribution in [1.29, 1.82) is 0 Å². The average molecular weight is 294 g/mol. The van der Waals surface area contributed by atoms with Crippen LogP contribution in [0.15, 0.2) is 41.6 Å². The van der Waals surface area contributed by atoms with Gasteiger partial charge in [-0.15, -0.1) is 0 Å². The first kappa shape index (κ1) is 12.8. The fourth-order valence-corrected chi connectivity index (χ4v) is 2.60. The van der Waals surface area contributed by atoms with Gasteiger partial charge in [-0.05, 0) is 18.6 Å². The average Bonchev–Trinajstić information content (AvgIpc) is 3.09. The van der Waals surface area contributed by atoms with Gasteiger partial charge in [0.05, 0.1) is 12.4 Å². The predicted molar refractivity (Wildman–Crippen MR) is 82.6 cm³/mol. The molecule has 0 spiro atoms. The van der Waals surface area contributed by atoms with E-state index in [1.165, 1.54) is 0 Å². The molecule has 22 heavy (non-hydrogen) atoms. The van der Waals surface area contributed by atoms with Gasteiger partial charge in [-0.25, -0.2) is 19.7 Å². The van der Waals surface area contributed by atoms with Crippen LogP contribution in [0.3, 0.4) is 0 Å². The maximum absolute atomic E-state index is 12.0. The topological polar surface area (TPSA) is 80.9 Å². The highest BCUT2D eigenvalue weighted by Gasteiger charge is 2.13. The van der Waals surface area contributed by atoms with Crippen molar-refractivity contribution in [2.45, 2.75) is 19.9 Å². The molecule has 0 atom stereocenters. The molecule has 110 valence electrons. The molecule has 1 N–H and O–H groups in total. The number of nitrogens with zero attached hydrogens (tertiary/aromatic N) is 5. The van der Waals surface area contributed by atoms with Gasteiger partial charge in [0.15, 0.2) is 11.5 Å². The van der Waals surface area contributed by atoms with E-state index in [-0.39, 0.29) is 5.69 Å². The number of aromatic nitrogens is 6. The molecular formula is C15H14N6O. The van der Waals surface area contributed by atoms with E-state index in [1.807, 2.05) is 35.7 Å². The predicted octanol–water partition coefficient (Wildman–Crippen LogP) is 1.84. The zero-order valence-electron chi connectivity index (χ0n) is 12.0. The van der Waals surface area contributed by atoms with E-state index >= 15 is 0 Å². The number of hydrogen-bond acceptors (Lipinski definition) is 4. The Hall–Kier alpha value is -2.96. The van der Waals surface area contributed by atoms with Crippen LogP contribution in [0.1, 0.15) is 13.3 Å². The summed E-state index contributed by atoms with van der Waals surface area (Å²) in [4.78, 5) is 28.0. The van der Waals surface area contributed by atoms with Crippen LogP contribution >= 0.6 is 0 Å². The molecule has 4 rings (SSSR count). The summed E-state index contributed by atoms with van der Waals surface area (Å²) >= 11 is 0. The molecule has 0 aliphatic rings. The monoisotopic (exact) mass is 294 g/mol. The SMILES string of the molecule is CCCn1c(=O)[nH]c2cnc(-c3cnc4ccccn34)nc21. The van der Waals surface area contributed by atoms with E-state index < -0.39 is 0 Å². The normalized spacial score (nSPS) is 11.5. The Morgan fingerprint density at radius 2 is 2.14 bits per heavy atom. The van der Waals surface area contributed by atoms with E-state index in [0.29, 0.717) is 23.5 Å². The number of fused-ring (bicyclic) bond motifs is 2. The molecule has 0 aromatic carbocycles. The first-order valence-electron chi connectivity index (χ1n) is 7.16. The van der Waals surface area contributed by atoms with Gasteiger partial charge < -0.3 is 4.98 Å². The van der Waals surface area contributed by atoms with Crippen molar-refractivity contribution in [2.24, 2.45) is 0 Å². The molecule has 7 nitrogen and oxygen atoms in total. The Labute approximate surface area is 125 Å². The summed E-state index contributed by atoms with van der Waals surface area (Å²) in [5.41, 5.74) is 2.76. The second-order valence-electron chi connectivity index (χ2n) is 5.08. The number of aryl methyl sites for hydroxylation is 1. The van der Waals surface area contributed by atoms with Crippen LogP contribution in [0.2, 0.25) is 0 Å². The van der Waals surface area contributed by atoms with Crippen molar-refractivity contribution in [1.82, 2.24) is 28.9 Å². The maximum atomic E-state index is 12.0. The summed E-state index contributed by atoms with van der Waals surface area (Å²) in [6.45, 7) is 2.65. The number of aromatic amines is 1. The number of nitrogens with one attached hydrogen (secondary N) is 1. The van der Waals surface area contributed by atoms with Crippen molar-refractivity contribution < 1.29 is 0 Å². The van der Waals surface area contributed by atoms with Crippen LogP contribution in [0, 0.1) is 0 Å². The second kappa shape index (κ2) is 4.80. The minimum Gasteiger partial charge on any atom is -0.303 e. The molecule has 0 aliphatic heterocycles. The van der Waals surface area contributed by atoms with Crippen LogP contribution in [0.5, 0.6) is 0 Å². The third-order valence-corrected chi connectivity index (χ3v) is 3.60. The van der Waals surface area contributed by atoms with Crippen LogP contribution in [0.25, 0.3) is 28.3 Å². The molecule has 0 fully saturated rings. The van der Waals surface area contributed by atoms with E-state index in [2.05, 4.69) is 19.9 Å². The summed E-state index contributed by atoms with van der Waals surface area (Å²) in [7, 11) is 0. The van der Waals surface area contributed by atoms with Gasteiger partial charge in [0, 0.05) is 12.7 Å². The third-order valence-electron chi connectivity index (χ3n) is 3.60. The number of H-pyrrole nitrogens is 1. The van der Waals surface area contributed by atoms with E-state index in [9.17, 15) is 4.79 Å². The van der Waals surface area contributed by atoms with E-state index in [1.54, 1.807) is 17.0 Å². The Morgan fingerprint density at radius 3 is 3.00 bits per heavy atom. The lowest BCUT2D eigenvalue weighted by Crippen LogP contribution is -2.16. The number of imidazole rings is 2. The Kier molecular flexibility index (Phi) is 2.78. The molecule has 0 aliphatic carbocycles. The first-order valence-corrected chi connectivity index (χ1v) is 7.16. The van der Waals surface area contributed by atoms with Crippen LogP contribution in [0.4, 0.5) is 0 Å². The number of pyridine rings is 1. The molecule has 0 amide bonds. The molecule has 4 aromatic rings. The maximum Gasteiger partial charge on any atom is 0.327 e. The highest BCUT2D eigenvalue weighted by molar-refractivity contribution is 5.72. The Bertz CT molecular complexity index is 1030. The fourth-order valence-electron chi connectivity index (χ4n) is 2.60. The quantitative estimate of drug-likeness (QED) is 0.625. The van der Waals surface area contributed by atoms with Gasteiger partial charge in [0.25, 0.3) is 0 Å². The molecule has 7 heteroatoms. The minimum atomic E-state index is -0.151. The highest BCUT2D eigenvalue weighted by atomic mass is 16.1. The molecule has 0 radical (unpaired) electrons. The summed E-state index contributed by atoms with van der Waals surface area (Å²) in [6.07, 6.45) is 6.17. The molecule has 4 aromatic heterocycles. The van der Waals surface area contributed by atoms with Gasteiger partial charge in [0.2, 0.25) is 0 Å². The Balaban J connectivity index is 1.96. The standard InChI is InChI=1S/C15H14N6O/c1-2-6-21-14-10(18-15(21)22)8-17-13(19-14)11-9-16-12-5-3-4-7-20(11)12/h3-5,7-9H,2,6H2,1H3,(H,18,22). The van der Waals surface area contributed by atoms with Crippen molar-refractivity contribution in [3.05, 3.63) is 47.3 Å². The molecule has 0 saturated carbocycles. The lowest BCUT2D eigenvalue weighted by atomic mass is 10.4. The van der Waals surface area contributed by atoms with Crippen molar-refractivity contribution in [3.63, 3.8) is 0 Å². The highest BCUT2D eigenvalue weighted by Crippen LogP contribution is 2.18. The van der Waals surface area contributed by atoms with Crippen LogP contribution in [-0.4, -0.2) is 28.9 Å². The van der Waals surface area contributed by atoms with Crippen molar-refractivity contribution in [2.75, 3.05) is 0 Å². The van der Waals surface area contributed by atoms with Gasteiger partial charge in [-0.2, -0.15) is 0 Å². The lowest BCUT2D eigenvalue weighted by molar-refractivity contribution is 0.669. The lowest BCUT2D eigenvalue weighted by Gasteiger charge is -2.02. The number of hydrogen-bond donors (Lipinski definition) is 1. The largest absolute Gasteiger partial charge is 0.327 e. The van der Waals surface area contributed by atoms with Crippen molar-refractivity contribution >= 4 is 16.8 Å². The van der Waals surface area contributed by atoms with E-state index in [0.717, 1.165) is 17.8 Å². The number of rotatable bonds is 3. The summed E-state index contributed by atoms with van der Waals surface area (Å²) in [5.74, 6) is 0.551. The fraction of sp³-hybridized carbons (Fsp3) is 0.200.